The maximum absolute atomic E-state index is 5.74. The fourth-order valence-corrected chi connectivity index (χ4v) is 0.961. The van der Waals surface area contributed by atoms with Gasteiger partial charge in [-0.2, -0.15) is 5.10 Å². The van der Waals surface area contributed by atoms with Gasteiger partial charge in [0.15, 0.2) is 0 Å². The fourth-order valence-electron chi connectivity index (χ4n) is 0.961. The molecular formula is C9H18N4. The minimum absolute atomic E-state index is 0.219. The summed E-state index contributed by atoms with van der Waals surface area (Å²) in [6.45, 7) is 5.01. The third-order valence-electron chi connectivity index (χ3n) is 2.22. The van der Waals surface area contributed by atoms with Crippen LogP contribution in [0.2, 0.25) is 0 Å². The Morgan fingerprint density at radius 1 is 1.62 bits per heavy atom. The Hall–Kier alpha value is -1.03. The normalized spacial score (nSPS) is 15.4. The van der Waals surface area contributed by atoms with Crippen LogP contribution in [0, 0.1) is 5.92 Å². The zero-order chi connectivity index (χ0) is 9.84. The molecule has 74 valence electrons. The second kappa shape index (κ2) is 4.28. The molecule has 13 heavy (non-hydrogen) atoms. The van der Waals surface area contributed by atoms with Crippen molar-refractivity contribution in [3.63, 3.8) is 0 Å². The standard InChI is InChI=1S/C9H18N4/c1-7(8(2)10)6-11-9-4-5-13(3)12-9/h4-5,7-8H,6,10H2,1-3H3,(H,11,12). The van der Waals surface area contributed by atoms with Crippen LogP contribution in [0.3, 0.4) is 0 Å². The number of aryl methyl sites for hydroxylation is 1. The van der Waals surface area contributed by atoms with E-state index in [-0.39, 0.29) is 6.04 Å². The van der Waals surface area contributed by atoms with E-state index in [0.717, 1.165) is 12.4 Å². The van der Waals surface area contributed by atoms with E-state index in [0.29, 0.717) is 5.92 Å². The van der Waals surface area contributed by atoms with Crippen molar-refractivity contribution in [2.75, 3.05) is 11.9 Å². The van der Waals surface area contributed by atoms with Crippen LogP contribution in [0.1, 0.15) is 13.8 Å². The minimum Gasteiger partial charge on any atom is -0.368 e. The lowest BCUT2D eigenvalue weighted by molar-refractivity contribution is 0.506. The Kier molecular flexibility index (Phi) is 3.31. The maximum atomic E-state index is 5.74. The number of hydrogen-bond acceptors (Lipinski definition) is 3. The molecule has 0 radical (unpaired) electrons. The third-order valence-corrected chi connectivity index (χ3v) is 2.22. The van der Waals surface area contributed by atoms with Crippen molar-refractivity contribution in [1.82, 2.24) is 9.78 Å². The van der Waals surface area contributed by atoms with Gasteiger partial charge in [-0.05, 0) is 12.8 Å². The molecule has 1 aromatic heterocycles. The third kappa shape index (κ3) is 3.06. The molecule has 0 aromatic carbocycles. The summed E-state index contributed by atoms with van der Waals surface area (Å²) in [6.07, 6.45) is 1.92. The van der Waals surface area contributed by atoms with E-state index in [1.165, 1.54) is 0 Å². The van der Waals surface area contributed by atoms with Crippen LogP contribution in [0.5, 0.6) is 0 Å². The van der Waals surface area contributed by atoms with E-state index in [4.69, 9.17) is 5.73 Å². The molecule has 0 bridgehead atoms. The number of nitrogens with one attached hydrogen (secondary N) is 1. The van der Waals surface area contributed by atoms with Crippen molar-refractivity contribution in [1.29, 1.82) is 0 Å². The number of rotatable bonds is 4. The first-order valence-corrected chi connectivity index (χ1v) is 4.58. The summed E-state index contributed by atoms with van der Waals surface area (Å²) in [4.78, 5) is 0. The molecule has 4 heteroatoms. The number of hydrogen-bond donors (Lipinski definition) is 2. The Balaban J connectivity index is 2.35. The molecule has 0 aliphatic carbocycles. The summed E-state index contributed by atoms with van der Waals surface area (Å²) < 4.78 is 1.78. The van der Waals surface area contributed by atoms with Gasteiger partial charge in [0.1, 0.15) is 5.82 Å². The second-order valence-corrected chi connectivity index (χ2v) is 3.59. The van der Waals surface area contributed by atoms with Gasteiger partial charge in [-0.1, -0.05) is 6.92 Å². The average molecular weight is 182 g/mol. The quantitative estimate of drug-likeness (QED) is 0.724. The van der Waals surface area contributed by atoms with E-state index in [1.807, 2.05) is 26.2 Å². The first-order valence-electron chi connectivity index (χ1n) is 4.58. The van der Waals surface area contributed by atoms with E-state index < -0.39 is 0 Å². The van der Waals surface area contributed by atoms with Gasteiger partial charge in [0.2, 0.25) is 0 Å². The minimum atomic E-state index is 0.219. The smallest absolute Gasteiger partial charge is 0.147 e. The van der Waals surface area contributed by atoms with Gasteiger partial charge in [-0.3, -0.25) is 4.68 Å². The van der Waals surface area contributed by atoms with Crippen LogP contribution in [0.15, 0.2) is 12.3 Å². The Bertz CT molecular complexity index is 254. The lowest BCUT2D eigenvalue weighted by atomic mass is 10.1. The van der Waals surface area contributed by atoms with E-state index in [2.05, 4.69) is 17.3 Å². The molecule has 0 saturated carbocycles. The van der Waals surface area contributed by atoms with Crippen LogP contribution < -0.4 is 11.1 Å². The van der Waals surface area contributed by atoms with Gasteiger partial charge in [-0.25, -0.2) is 0 Å². The molecule has 0 amide bonds. The van der Waals surface area contributed by atoms with Crippen molar-refractivity contribution >= 4 is 5.82 Å². The first kappa shape index (κ1) is 10.1. The molecule has 1 rings (SSSR count). The van der Waals surface area contributed by atoms with E-state index >= 15 is 0 Å². The predicted molar refractivity (Wildman–Crippen MR) is 54.5 cm³/mol. The highest BCUT2D eigenvalue weighted by Gasteiger charge is 2.07. The molecule has 2 atom stereocenters. The zero-order valence-electron chi connectivity index (χ0n) is 8.49. The van der Waals surface area contributed by atoms with Crippen molar-refractivity contribution < 1.29 is 0 Å². The van der Waals surface area contributed by atoms with Crippen molar-refractivity contribution in [2.24, 2.45) is 18.7 Å². The maximum Gasteiger partial charge on any atom is 0.147 e. The molecule has 3 N–H and O–H groups in total. The molecule has 2 unspecified atom stereocenters. The fraction of sp³-hybridized carbons (Fsp3) is 0.667. The van der Waals surface area contributed by atoms with Gasteiger partial charge in [0.25, 0.3) is 0 Å². The Morgan fingerprint density at radius 2 is 2.31 bits per heavy atom. The van der Waals surface area contributed by atoms with Gasteiger partial charge < -0.3 is 11.1 Å². The molecule has 0 spiro atoms. The summed E-state index contributed by atoms with van der Waals surface area (Å²) in [5.74, 6) is 1.37. The van der Waals surface area contributed by atoms with Gasteiger partial charge in [-0.15, -0.1) is 0 Å². The summed E-state index contributed by atoms with van der Waals surface area (Å²) in [7, 11) is 1.90. The van der Waals surface area contributed by atoms with Crippen molar-refractivity contribution in [3.8, 4) is 0 Å². The monoisotopic (exact) mass is 182 g/mol. The second-order valence-electron chi connectivity index (χ2n) is 3.59. The summed E-state index contributed by atoms with van der Waals surface area (Å²) in [5, 5.41) is 7.44. The van der Waals surface area contributed by atoms with E-state index in [1.54, 1.807) is 4.68 Å². The predicted octanol–water partition coefficient (Wildman–Crippen LogP) is 0.815. The van der Waals surface area contributed by atoms with Crippen LogP contribution in [-0.4, -0.2) is 22.4 Å². The van der Waals surface area contributed by atoms with Crippen LogP contribution in [0.4, 0.5) is 5.82 Å². The molecule has 0 saturated heterocycles. The molecule has 1 aromatic rings. The van der Waals surface area contributed by atoms with Crippen LogP contribution in [0.25, 0.3) is 0 Å². The largest absolute Gasteiger partial charge is 0.368 e. The molecule has 4 nitrogen and oxygen atoms in total. The van der Waals surface area contributed by atoms with E-state index in [9.17, 15) is 0 Å². The SMILES string of the molecule is CC(N)C(C)CNc1ccn(C)n1. The number of nitrogens with zero attached hydrogens (tertiary/aromatic N) is 2. The number of anilines is 1. The lowest BCUT2D eigenvalue weighted by Gasteiger charge is -2.15. The zero-order valence-corrected chi connectivity index (χ0v) is 8.49. The molecular weight excluding hydrogens is 164 g/mol. The van der Waals surface area contributed by atoms with Gasteiger partial charge >= 0.3 is 0 Å². The van der Waals surface area contributed by atoms with Crippen LogP contribution in [-0.2, 0) is 7.05 Å². The van der Waals surface area contributed by atoms with Crippen molar-refractivity contribution in [3.05, 3.63) is 12.3 Å². The molecule has 0 fully saturated rings. The molecule has 0 aliphatic rings. The van der Waals surface area contributed by atoms with Crippen LogP contribution >= 0.6 is 0 Å². The summed E-state index contributed by atoms with van der Waals surface area (Å²) in [6, 6.07) is 2.17. The average Bonchev–Trinajstić information content (AvgIpc) is 2.47. The lowest BCUT2D eigenvalue weighted by Crippen LogP contribution is -2.29. The highest BCUT2D eigenvalue weighted by Crippen LogP contribution is 2.04. The Morgan fingerprint density at radius 3 is 2.77 bits per heavy atom. The number of nitrogens with two attached hydrogens (primary N) is 1. The first-order chi connectivity index (χ1) is 6.09. The molecule has 0 aliphatic heterocycles. The molecule has 1 heterocycles. The topological polar surface area (TPSA) is 55.9 Å². The highest BCUT2D eigenvalue weighted by molar-refractivity contribution is 5.31. The summed E-state index contributed by atoms with van der Waals surface area (Å²) >= 11 is 0. The summed E-state index contributed by atoms with van der Waals surface area (Å²) in [5.41, 5.74) is 5.74. The van der Waals surface area contributed by atoms with Crippen molar-refractivity contribution in [2.45, 2.75) is 19.9 Å². The van der Waals surface area contributed by atoms with Gasteiger partial charge in [0, 0.05) is 31.9 Å². The highest BCUT2D eigenvalue weighted by atomic mass is 15.3. The Labute approximate surface area is 79.1 Å². The number of aromatic nitrogens is 2. The van der Waals surface area contributed by atoms with Gasteiger partial charge in [0.05, 0.1) is 0 Å².